The third-order valence-electron chi connectivity index (χ3n) is 3.86. The van der Waals surface area contributed by atoms with Crippen molar-refractivity contribution in [3.63, 3.8) is 0 Å². The number of hydrogen-bond acceptors (Lipinski definition) is 4. The molecule has 193 valence electrons. The van der Waals surface area contributed by atoms with E-state index < -0.39 is 23.9 Å². The molecular formula is C28H20CoO8-4. The van der Waals surface area contributed by atoms with Crippen LogP contribution in [0.4, 0.5) is 0 Å². The molecule has 0 bridgehead atoms. The Morgan fingerprint density at radius 3 is 0.595 bits per heavy atom. The van der Waals surface area contributed by atoms with Gasteiger partial charge in [-0.3, -0.25) is 0 Å². The standard InChI is InChI=1S/4C7H5O2.Co/c4*8-7(9)6-4-2-1-3-5-6;/h4*2-5H,(H,8,9);/q4*-1;. The molecular weight excluding hydrogens is 523 g/mol. The SMILES string of the molecule is O=C(O)c1cc[c-]cc1.O=C(O)c1cc[c-]cc1.O=C(O)c1cc[c-]cc1.O=C(O)c1cc[c-]cc1.[Co]. The summed E-state index contributed by atoms with van der Waals surface area (Å²) in [7, 11) is 0. The molecule has 9 heteroatoms. The molecule has 37 heavy (non-hydrogen) atoms. The van der Waals surface area contributed by atoms with Crippen LogP contribution in [0.1, 0.15) is 41.4 Å². The predicted molar refractivity (Wildman–Crippen MR) is 129 cm³/mol. The van der Waals surface area contributed by atoms with E-state index >= 15 is 0 Å². The van der Waals surface area contributed by atoms with Crippen molar-refractivity contribution in [1.29, 1.82) is 0 Å². The molecule has 0 saturated carbocycles. The molecule has 4 N–H and O–H groups in total. The summed E-state index contributed by atoms with van der Waals surface area (Å²) in [5.74, 6) is -3.60. The van der Waals surface area contributed by atoms with Gasteiger partial charge in [0.1, 0.15) is 0 Å². The Morgan fingerprint density at radius 2 is 0.514 bits per heavy atom. The minimum atomic E-state index is -0.899. The van der Waals surface area contributed by atoms with E-state index in [0.717, 1.165) is 0 Å². The average Bonchev–Trinajstić information content (AvgIpc) is 2.92. The van der Waals surface area contributed by atoms with Gasteiger partial charge in [0, 0.05) is 16.8 Å². The van der Waals surface area contributed by atoms with Crippen LogP contribution >= 0.6 is 0 Å². The normalized spacial score (nSPS) is 8.65. The minimum Gasteiger partial charge on any atom is -0.479 e. The summed E-state index contributed by atoms with van der Waals surface area (Å²) in [5.41, 5.74) is 1.20. The molecule has 0 aliphatic heterocycles. The van der Waals surface area contributed by atoms with Crippen molar-refractivity contribution in [3.05, 3.63) is 144 Å². The van der Waals surface area contributed by atoms with Crippen LogP contribution in [0.25, 0.3) is 0 Å². The average molecular weight is 543 g/mol. The number of rotatable bonds is 4. The van der Waals surface area contributed by atoms with Crippen LogP contribution in [0, 0.1) is 24.3 Å². The Kier molecular flexibility index (Phi) is 16.2. The quantitative estimate of drug-likeness (QED) is 0.270. The van der Waals surface area contributed by atoms with E-state index in [1.165, 1.54) is 48.5 Å². The van der Waals surface area contributed by atoms with Crippen molar-refractivity contribution in [2.75, 3.05) is 0 Å². The molecule has 0 spiro atoms. The second-order valence-electron chi connectivity index (χ2n) is 6.38. The minimum absolute atomic E-state index is 0. The molecule has 8 nitrogen and oxygen atoms in total. The van der Waals surface area contributed by atoms with Crippen LogP contribution in [0.5, 0.6) is 0 Å². The Balaban J connectivity index is 0.000000463. The maximum absolute atomic E-state index is 10.2. The van der Waals surface area contributed by atoms with Gasteiger partial charge in [-0.05, 0) is 22.3 Å². The van der Waals surface area contributed by atoms with Crippen LogP contribution in [-0.4, -0.2) is 44.3 Å². The zero-order valence-electron chi connectivity index (χ0n) is 19.0. The summed E-state index contributed by atoms with van der Waals surface area (Å²) in [6.45, 7) is 0. The Morgan fingerprint density at radius 1 is 0.378 bits per heavy atom. The molecule has 1 radical (unpaired) electrons. The number of aromatic carboxylic acids is 4. The summed E-state index contributed by atoms with van der Waals surface area (Å²) in [6, 6.07) is 35.5. The first kappa shape index (κ1) is 32.3. The molecule has 0 atom stereocenters. The summed E-state index contributed by atoms with van der Waals surface area (Å²) in [5, 5.41) is 33.5. The van der Waals surface area contributed by atoms with E-state index in [1.807, 2.05) is 0 Å². The van der Waals surface area contributed by atoms with E-state index in [1.54, 1.807) is 48.5 Å². The molecule has 0 aliphatic rings. The van der Waals surface area contributed by atoms with Gasteiger partial charge in [-0.25, -0.2) is 19.2 Å². The smallest absolute Gasteiger partial charge is 0.311 e. The van der Waals surface area contributed by atoms with Gasteiger partial charge in [-0.2, -0.15) is 121 Å². The fourth-order valence-electron chi connectivity index (χ4n) is 2.12. The first-order chi connectivity index (χ1) is 17.2. The van der Waals surface area contributed by atoms with Gasteiger partial charge < -0.3 is 20.4 Å². The van der Waals surface area contributed by atoms with Crippen LogP contribution in [-0.2, 0) is 16.8 Å². The fourth-order valence-corrected chi connectivity index (χ4v) is 2.12. The number of hydrogen-bond donors (Lipinski definition) is 4. The molecule has 0 saturated heterocycles. The molecule has 0 unspecified atom stereocenters. The van der Waals surface area contributed by atoms with E-state index in [0.29, 0.717) is 22.3 Å². The largest absolute Gasteiger partial charge is 0.479 e. The zero-order chi connectivity index (χ0) is 26.8. The molecule has 0 aliphatic carbocycles. The van der Waals surface area contributed by atoms with E-state index in [2.05, 4.69) is 24.3 Å². The third-order valence-corrected chi connectivity index (χ3v) is 3.86. The number of benzene rings is 4. The van der Waals surface area contributed by atoms with E-state index in [4.69, 9.17) is 20.4 Å². The van der Waals surface area contributed by atoms with Gasteiger partial charge in [0.25, 0.3) is 0 Å². The van der Waals surface area contributed by atoms with Crippen molar-refractivity contribution in [1.82, 2.24) is 0 Å². The van der Waals surface area contributed by atoms with Crippen LogP contribution < -0.4 is 0 Å². The van der Waals surface area contributed by atoms with E-state index in [-0.39, 0.29) is 16.8 Å². The summed E-state index contributed by atoms with van der Waals surface area (Å²) >= 11 is 0. The van der Waals surface area contributed by atoms with Crippen LogP contribution in [0.15, 0.2) is 97.1 Å². The van der Waals surface area contributed by atoms with Gasteiger partial charge in [-0.15, -0.1) is 0 Å². The molecule has 0 fully saturated rings. The molecule has 4 aromatic carbocycles. The van der Waals surface area contributed by atoms with Crippen molar-refractivity contribution in [2.24, 2.45) is 0 Å². The van der Waals surface area contributed by atoms with Crippen LogP contribution in [0.2, 0.25) is 0 Å². The molecule has 4 aromatic rings. The maximum atomic E-state index is 10.2. The van der Waals surface area contributed by atoms with Crippen molar-refractivity contribution in [3.8, 4) is 0 Å². The Labute approximate surface area is 223 Å². The fraction of sp³-hybridized carbons (Fsp3) is 0. The van der Waals surface area contributed by atoms with Gasteiger partial charge >= 0.3 is 23.9 Å². The monoisotopic (exact) mass is 543 g/mol. The summed E-state index contributed by atoms with van der Waals surface area (Å²) in [4.78, 5) is 40.7. The van der Waals surface area contributed by atoms with Crippen molar-refractivity contribution >= 4 is 23.9 Å². The molecule has 0 aromatic heterocycles. The van der Waals surface area contributed by atoms with E-state index in [9.17, 15) is 19.2 Å². The summed E-state index contributed by atoms with van der Waals surface area (Å²) in [6.07, 6.45) is 0. The third kappa shape index (κ3) is 14.3. The molecule has 4 rings (SSSR count). The van der Waals surface area contributed by atoms with Gasteiger partial charge in [0.2, 0.25) is 0 Å². The van der Waals surface area contributed by atoms with Crippen LogP contribution in [0.3, 0.4) is 0 Å². The Hall–Kier alpha value is -4.73. The topological polar surface area (TPSA) is 149 Å². The molecule has 0 amide bonds. The van der Waals surface area contributed by atoms with Crippen molar-refractivity contribution < 1.29 is 56.4 Å². The zero-order valence-corrected chi connectivity index (χ0v) is 20.0. The first-order valence-electron chi connectivity index (χ1n) is 10.00. The maximum Gasteiger partial charge on any atom is 0.311 e. The first-order valence-corrected chi connectivity index (χ1v) is 10.00. The summed E-state index contributed by atoms with van der Waals surface area (Å²) < 4.78 is 0. The predicted octanol–water partition coefficient (Wildman–Crippen LogP) is 4.74. The van der Waals surface area contributed by atoms with Gasteiger partial charge in [0.05, 0.1) is 0 Å². The number of carboxylic acids is 4. The Bertz CT molecular complexity index is 1020. The second-order valence-corrected chi connectivity index (χ2v) is 6.38. The van der Waals surface area contributed by atoms with Crippen molar-refractivity contribution in [2.45, 2.75) is 0 Å². The van der Waals surface area contributed by atoms with Gasteiger partial charge in [-0.1, -0.05) is 0 Å². The number of carbonyl (C=O) groups is 4. The number of carboxylic acid groups (broad SMARTS) is 4. The second kappa shape index (κ2) is 18.6. The molecule has 0 heterocycles. The van der Waals surface area contributed by atoms with Gasteiger partial charge in [0.15, 0.2) is 0 Å².